The van der Waals surface area contributed by atoms with Crippen LogP contribution in [-0.2, 0) is 29.0 Å². The van der Waals surface area contributed by atoms with E-state index in [1.807, 2.05) is 6.07 Å². The lowest BCUT2D eigenvalue weighted by molar-refractivity contribution is -0.116. The highest BCUT2D eigenvalue weighted by atomic mass is 19.1. The zero-order valence-electron chi connectivity index (χ0n) is 14.0. The van der Waals surface area contributed by atoms with E-state index in [-0.39, 0.29) is 29.7 Å². The molecule has 130 valence electrons. The van der Waals surface area contributed by atoms with Gasteiger partial charge in [-0.25, -0.2) is 4.39 Å². The van der Waals surface area contributed by atoms with Crippen molar-refractivity contribution in [2.24, 2.45) is 0 Å². The van der Waals surface area contributed by atoms with Crippen molar-refractivity contribution in [3.8, 4) is 0 Å². The van der Waals surface area contributed by atoms with Crippen molar-refractivity contribution in [2.75, 3.05) is 17.2 Å². The quantitative estimate of drug-likeness (QED) is 0.801. The Balaban J connectivity index is 1.65. The normalized spacial score (nSPS) is 13.0. The van der Waals surface area contributed by atoms with Crippen LogP contribution in [0.2, 0.25) is 0 Å². The van der Waals surface area contributed by atoms with Gasteiger partial charge in [0.2, 0.25) is 11.8 Å². The SMILES string of the molecule is CC(=O)Nc1ccc(CC(=O)Nc2ccc3c(c2F)CCNC3)cc1. The van der Waals surface area contributed by atoms with Gasteiger partial charge in [-0.1, -0.05) is 18.2 Å². The molecule has 0 spiro atoms. The second-order valence-electron chi connectivity index (χ2n) is 6.09. The molecule has 3 N–H and O–H groups in total. The molecule has 0 atom stereocenters. The number of nitrogens with one attached hydrogen (secondary N) is 3. The number of benzene rings is 2. The summed E-state index contributed by atoms with van der Waals surface area (Å²) in [5.41, 5.74) is 3.30. The lowest BCUT2D eigenvalue weighted by Gasteiger charge is -2.19. The number of carbonyl (C=O) groups is 2. The van der Waals surface area contributed by atoms with E-state index in [2.05, 4.69) is 16.0 Å². The third kappa shape index (κ3) is 4.22. The van der Waals surface area contributed by atoms with Crippen LogP contribution in [0.1, 0.15) is 23.6 Å². The molecule has 5 nitrogen and oxygen atoms in total. The van der Waals surface area contributed by atoms with Gasteiger partial charge in [0.1, 0.15) is 5.82 Å². The molecule has 1 aliphatic heterocycles. The molecule has 0 saturated heterocycles. The van der Waals surface area contributed by atoms with Gasteiger partial charge in [0.05, 0.1) is 12.1 Å². The Morgan fingerprint density at radius 3 is 2.60 bits per heavy atom. The summed E-state index contributed by atoms with van der Waals surface area (Å²) in [5.74, 6) is -0.767. The maximum absolute atomic E-state index is 14.5. The summed E-state index contributed by atoms with van der Waals surface area (Å²) >= 11 is 0. The van der Waals surface area contributed by atoms with Crippen LogP contribution in [0.4, 0.5) is 15.8 Å². The van der Waals surface area contributed by atoms with E-state index in [0.717, 1.165) is 17.7 Å². The van der Waals surface area contributed by atoms with E-state index in [1.54, 1.807) is 30.3 Å². The zero-order chi connectivity index (χ0) is 17.8. The van der Waals surface area contributed by atoms with Crippen molar-refractivity contribution < 1.29 is 14.0 Å². The summed E-state index contributed by atoms with van der Waals surface area (Å²) in [6.07, 6.45) is 0.758. The molecule has 0 unspecified atom stereocenters. The number of hydrogen-bond donors (Lipinski definition) is 3. The average molecular weight is 341 g/mol. The fourth-order valence-electron chi connectivity index (χ4n) is 2.92. The molecule has 6 heteroatoms. The maximum atomic E-state index is 14.5. The second-order valence-corrected chi connectivity index (χ2v) is 6.09. The van der Waals surface area contributed by atoms with Crippen LogP contribution < -0.4 is 16.0 Å². The van der Waals surface area contributed by atoms with Gasteiger partial charge in [0, 0.05) is 19.2 Å². The number of hydrogen-bond acceptors (Lipinski definition) is 3. The van der Waals surface area contributed by atoms with E-state index in [1.165, 1.54) is 6.92 Å². The van der Waals surface area contributed by atoms with E-state index >= 15 is 0 Å². The first-order valence-corrected chi connectivity index (χ1v) is 8.20. The molecule has 0 aromatic heterocycles. The lowest BCUT2D eigenvalue weighted by Crippen LogP contribution is -2.25. The van der Waals surface area contributed by atoms with Gasteiger partial charge in [0.25, 0.3) is 0 Å². The highest BCUT2D eigenvalue weighted by Crippen LogP contribution is 2.24. The number of halogens is 1. The van der Waals surface area contributed by atoms with Crippen molar-refractivity contribution in [3.63, 3.8) is 0 Å². The van der Waals surface area contributed by atoms with Gasteiger partial charge in [-0.2, -0.15) is 0 Å². The molecule has 2 amide bonds. The summed E-state index contributed by atoms with van der Waals surface area (Å²) in [7, 11) is 0. The number of carbonyl (C=O) groups excluding carboxylic acids is 2. The molecule has 0 bridgehead atoms. The molecular weight excluding hydrogens is 321 g/mol. The van der Waals surface area contributed by atoms with Gasteiger partial charge in [-0.3, -0.25) is 9.59 Å². The van der Waals surface area contributed by atoms with E-state index < -0.39 is 0 Å². The summed E-state index contributed by atoms with van der Waals surface area (Å²) in [5, 5.41) is 8.52. The van der Waals surface area contributed by atoms with E-state index in [9.17, 15) is 14.0 Å². The Hall–Kier alpha value is -2.73. The molecule has 2 aromatic carbocycles. The summed E-state index contributed by atoms with van der Waals surface area (Å²) < 4.78 is 14.5. The monoisotopic (exact) mass is 341 g/mol. The molecule has 0 saturated carbocycles. The Labute approximate surface area is 145 Å². The molecule has 1 aliphatic rings. The van der Waals surface area contributed by atoms with Crippen molar-refractivity contribution in [2.45, 2.75) is 26.3 Å². The van der Waals surface area contributed by atoms with Crippen molar-refractivity contribution in [3.05, 3.63) is 58.9 Å². The fourth-order valence-corrected chi connectivity index (χ4v) is 2.92. The first-order chi connectivity index (χ1) is 12.0. The highest BCUT2D eigenvalue weighted by molar-refractivity contribution is 5.93. The largest absolute Gasteiger partial charge is 0.326 e. The molecular formula is C19H20FN3O2. The van der Waals surface area contributed by atoms with Gasteiger partial charge in [0.15, 0.2) is 0 Å². The van der Waals surface area contributed by atoms with E-state index in [4.69, 9.17) is 0 Å². The lowest BCUT2D eigenvalue weighted by atomic mass is 9.99. The number of amides is 2. The van der Waals surface area contributed by atoms with Crippen LogP contribution in [0.25, 0.3) is 0 Å². The maximum Gasteiger partial charge on any atom is 0.228 e. The Bertz CT molecular complexity index is 803. The molecule has 0 aliphatic carbocycles. The molecule has 25 heavy (non-hydrogen) atoms. The first kappa shape index (κ1) is 17.1. The fraction of sp³-hybridized carbons (Fsp3) is 0.263. The number of fused-ring (bicyclic) bond motifs is 1. The van der Waals surface area contributed by atoms with Gasteiger partial charge < -0.3 is 16.0 Å². The topological polar surface area (TPSA) is 70.2 Å². The third-order valence-corrected chi connectivity index (χ3v) is 4.12. The average Bonchev–Trinajstić information content (AvgIpc) is 2.59. The summed E-state index contributed by atoms with van der Waals surface area (Å²) in [6, 6.07) is 10.5. The predicted molar refractivity (Wildman–Crippen MR) is 94.9 cm³/mol. The Kier molecular flexibility index (Phi) is 5.09. The van der Waals surface area contributed by atoms with Gasteiger partial charge in [-0.05, 0) is 47.9 Å². The van der Waals surface area contributed by atoms with Crippen LogP contribution in [0.3, 0.4) is 0 Å². The Morgan fingerprint density at radius 1 is 1.12 bits per heavy atom. The standard InChI is InChI=1S/C19H20FN3O2/c1-12(24)22-15-5-2-13(3-6-15)10-18(25)23-17-7-4-14-11-21-9-8-16(14)19(17)20/h2-7,21H,8-11H2,1H3,(H,22,24)(H,23,25). The van der Waals surface area contributed by atoms with Crippen LogP contribution in [0.15, 0.2) is 36.4 Å². The minimum Gasteiger partial charge on any atom is -0.326 e. The van der Waals surface area contributed by atoms with Gasteiger partial charge >= 0.3 is 0 Å². The number of rotatable bonds is 4. The van der Waals surface area contributed by atoms with Crippen LogP contribution in [-0.4, -0.2) is 18.4 Å². The van der Waals surface area contributed by atoms with Crippen LogP contribution >= 0.6 is 0 Å². The first-order valence-electron chi connectivity index (χ1n) is 8.20. The van der Waals surface area contributed by atoms with Gasteiger partial charge in [-0.15, -0.1) is 0 Å². The predicted octanol–water partition coefficient (Wildman–Crippen LogP) is 2.61. The highest BCUT2D eigenvalue weighted by Gasteiger charge is 2.17. The summed E-state index contributed by atoms with van der Waals surface area (Å²) in [6.45, 7) is 2.83. The minimum absolute atomic E-state index is 0.137. The minimum atomic E-state index is -0.339. The smallest absolute Gasteiger partial charge is 0.228 e. The third-order valence-electron chi connectivity index (χ3n) is 4.12. The molecule has 1 heterocycles. The molecule has 0 radical (unpaired) electrons. The number of anilines is 2. The molecule has 2 aromatic rings. The summed E-state index contributed by atoms with van der Waals surface area (Å²) in [4.78, 5) is 23.2. The Morgan fingerprint density at radius 2 is 1.88 bits per heavy atom. The second kappa shape index (κ2) is 7.44. The van der Waals surface area contributed by atoms with Crippen molar-refractivity contribution >= 4 is 23.2 Å². The van der Waals surface area contributed by atoms with Crippen LogP contribution in [0, 0.1) is 5.82 Å². The van der Waals surface area contributed by atoms with E-state index in [0.29, 0.717) is 24.2 Å². The molecule has 0 fully saturated rings. The molecule has 3 rings (SSSR count). The van der Waals surface area contributed by atoms with Crippen molar-refractivity contribution in [1.29, 1.82) is 0 Å². The van der Waals surface area contributed by atoms with Crippen molar-refractivity contribution in [1.82, 2.24) is 5.32 Å². The van der Waals surface area contributed by atoms with Crippen LogP contribution in [0.5, 0.6) is 0 Å². The zero-order valence-corrected chi connectivity index (χ0v) is 14.0.